The Morgan fingerprint density at radius 3 is 2.94 bits per heavy atom. The van der Waals surface area contributed by atoms with Crippen molar-refractivity contribution in [1.82, 2.24) is 0 Å². The second-order valence-corrected chi connectivity index (χ2v) is 3.52. The molecule has 1 unspecified atom stereocenters. The summed E-state index contributed by atoms with van der Waals surface area (Å²) in [5.41, 5.74) is 1.37. The number of nitro benzene ring substituents is 1. The first kappa shape index (κ1) is 10.6. The van der Waals surface area contributed by atoms with Crippen LogP contribution in [-0.2, 0) is 0 Å². The van der Waals surface area contributed by atoms with Crippen molar-refractivity contribution in [2.45, 2.75) is 19.6 Å². The Morgan fingerprint density at radius 2 is 2.31 bits per heavy atom. The van der Waals surface area contributed by atoms with Gasteiger partial charge in [0.15, 0.2) is 0 Å². The van der Waals surface area contributed by atoms with Crippen LogP contribution in [0.25, 0.3) is 6.08 Å². The maximum Gasteiger partial charge on any atom is 0.270 e. The number of benzene rings is 1. The third kappa shape index (κ3) is 1.77. The van der Waals surface area contributed by atoms with Gasteiger partial charge >= 0.3 is 0 Å². The summed E-state index contributed by atoms with van der Waals surface area (Å²) < 4.78 is 5.23. The highest BCUT2D eigenvalue weighted by Gasteiger charge is 2.20. The predicted molar refractivity (Wildman–Crippen MR) is 58.0 cm³/mol. The number of hydrogen-bond acceptors (Lipinski definition) is 4. The smallest absolute Gasteiger partial charge is 0.270 e. The predicted octanol–water partition coefficient (Wildman–Crippen LogP) is 2.10. The molecule has 0 amide bonds. The third-order valence-electron chi connectivity index (χ3n) is 2.51. The standard InChI is InChI=1S/C11H11NO4/c1-2-7-5-8-6-9(12(14)15)3-4-10(8)16-11(7)13/h3-6,11,13H,2H2,1H3. The van der Waals surface area contributed by atoms with Gasteiger partial charge in [-0.05, 0) is 24.1 Å². The van der Waals surface area contributed by atoms with E-state index in [2.05, 4.69) is 0 Å². The Hall–Kier alpha value is -1.88. The minimum atomic E-state index is -0.945. The molecule has 84 valence electrons. The molecule has 5 nitrogen and oxygen atoms in total. The average molecular weight is 221 g/mol. The van der Waals surface area contributed by atoms with Gasteiger partial charge in [0.25, 0.3) is 5.69 Å². The summed E-state index contributed by atoms with van der Waals surface area (Å²) in [6, 6.07) is 4.30. The van der Waals surface area contributed by atoms with E-state index in [-0.39, 0.29) is 5.69 Å². The summed E-state index contributed by atoms with van der Waals surface area (Å²) in [6.45, 7) is 1.89. The molecule has 0 bridgehead atoms. The molecule has 0 spiro atoms. The van der Waals surface area contributed by atoms with Crippen molar-refractivity contribution in [3.05, 3.63) is 39.4 Å². The molecule has 1 aliphatic rings. The fraction of sp³-hybridized carbons (Fsp3) is 0.273. The number of fused-ring (bicyclic) bond motifs is 1. The van der Waals surface area contributed by atoms with Gasteiger partial charge in [-0.3, -0.25) is 10.1 Å². The molecule has 2 rings (SSSR count). The first-order chi connectivity index (χ1) is 7.61. The summed E-state index contributed by atoms with van der Waals surface area (Å²) in [7, 11) is 0. The number of aliphatic hydroxyl groups excluding tert-OH is 1. The summed E-state index contributed by atoms with van der Waals surface area (Å²) in [4.78, 5) is 10.1. The van der Waals surface area contributed by atoms with E-state index < -0.39 is 11.2 Å². The summed E-state index contributed by atoms with van der Waals surface area (Å²) >= 11 is 0. The van der Waals surface area contributed by atoms with Crippen molar-refractivity contribution in [2.24, 2.45) is 0 Å². The van der Waals surface area contributed by atoms with Crippen LogP contribution in [0.1, 0.15) is 18.9 Å². The van der Waals surface area contributed by atoms with E-state index in [1.165, 1.54) is 18.2 Å². The molecule has 1 aliphatic heterocycles. The van der Waals surface area contributed by atoms with Crippen LogP contribution in [0.3, 0.4) is 0 Å². The van der Waals surface area contributed by atoms with Crippen LogP contribution >= 0.6 is 0 Å². The van der Waals surface area contributed by atoms with Gasteiger partial charge in [0.05, 0.1) is 4.92 Å². The maximum absolute atomic E-state index is 10.6. The van der Waals surface area contributed by atoms with Crippen LogP contribution in [0.4, 0.5) is 5.69 Å². The Labute approximate surface area is 92.1 Å². The molecule has 1 heterocycles. The van der Waals surface area contributed by atoms with E-state index in [0.717, 1.165) is 0 Å². The molecule has 0 aliphatic carbocycles. The van der Waals surface area contributed by atoms with Gasteiger partial charge in [0.2, 0.25) is 6.29 Å². The quantitative estimate of drug-likeness (QED) is 0.613. The molecule has 1 aromatic rings. The van der Waals surface area contributed by atoms with E-state index in [4.69, 9.17) is 4.74 Å². The minimum absolute atomic E-state index is 0.0189. The zero-order valence-corrected chi connectivity index (χ0v) is 8.71. The van der Waals surface area contributed by atoms with Crippen LogP contribution in [0.15, 0.2) is 23.8 Å². The number of ether oxygens (including phenoxy) is 1. The number of nitro groups is 1. The van der Waals surface area contributed by atoms with Crippen LogP contribution in [0, 0.1) is 10.1 Å². The lowest BCUT2D eigenvalue weighted by atomic mass is 10.0. The van der Waals surface area contributed by atoms with Gasteiger partial charge in [-0.15, -0.1) is 0 Å². The highest BCUT2D eigenvalue weighted by Crippen LogP contribution is 2.32. The number of aliphatic hydroxyl groups is 1. The van der Waals surface area contributed by atoms with Crippen molar-refractivity contribution >= 4 is 11.8 Å². The van der Waals surface area contributed by atoms with Crippen LogP contribution in [0.2, 0.25) is 0 Å². The lowest BCUT2D eigenvalue weighted by Gasteiger charge is -2.22. The second kappa shape index (κ2) is 3.94. The third-order valence-corrected chi connectivity index (χ3v) is 2.51. The molecule has 0 saturated carbocycles. The second-order valence-electron chi connectivity index (χ2n) is 3.52. The fourth-order valence-corrected chi connectivity index (χ4v) is 1.61. The molecule has 0 aromatic heterocycles. The largest absolute Gasteiger partial charge is 0.461 e. The molecule has 5 heteroatoms. The average Bonchev–Trinajstić information content (AvgIpc) is 2.27. The number of hydrogen-bond donors (Lipinski definition) is 1. The van der Waals surface area contributed by atoms with E-state index in [1.807, 2.05) is 6.92 Å². The van der Waals surface area contributed by atoms with Crippen LogP contribution in [0.5, 0.6) is 5.75 Å². The monoisotopic (exact) mass is 221 g/mol. The summed E-state index contributed by atoms with van der Waals surface area (Å²) in [6.07, 6.45) is 1.43. The topological polar surface area (TPSA) is 72.6 Å². The minimum Gasteiger partial charge on any atom is -0.461 e. The normalized spacial score (nSPS) is 18.4. The lowest BCUT2D eigenvalue weighted by molar-refractivity contribution is -0.384. The highest BCUT2D eigenvalue weighted by atomic mass is 16.6. The number of non-ortho nitro benzene ring substituents is 1. The Bertz CT molecular complexity index is 467. The molecule has 0 saturated heterocycles. The van der Waals surface area contributed by atoms with Gasteiger partial charge in [0.1, 0.15) is 5.75 Å². The molecule has 1 atom stereocenters. The van der Waals surface area contributed by atoms with Crippen molar-refractivity contribution in [2.75, 3.05) is 0 Å². The molecule has 0 fully saturated rings. The van der Waals surface area contributed by atoms with Crippen LogP contribution in [-0.4, -0.2) is 16.3 Å². The number of rotatable bonds is 2. The molecule has 1 N–H and O–H groups in total. The fourth-order valence-electron chi connectivity index (χ4n) is 1.61. The summed E-state index contributed by atoms with van der Waals surface area (Å²) in [5.74, 6) is 0.468. The van der Waals surface area contributed by atoms with E-state index in [1.54, 1.807) is 6.08 Å². The maximum atomic E-state index is 10.6. The Morgan fingerprint density at radius 1 is 1.56 bits per heavy atom. The molecular weight excluding hydrogens is 210 g/mol. The molecule has 1 aromatic carbocycles. The zero-order valence-electron chi connectivity index (χ0n) is 8.71. The Balaban J connectivity index is 2.46. The first-order valence-electron chi connectivity index (χ1n) is 4.95. The van der Waals surface area contributed by atoms with Crippen molar-refractivity contribution in [3.63, 3.8) is 0 Å². The van der Waals surface area contributed by atoms with Gasteiger partial charge < -0.3 is 9.84 Å². The summed E-state index contributed by atoms with van der Waals surface area (Å²) in [5, 5.41) is 20.2. The van der Waals surface area contributed by atoms with Gasteiger partial charge in [-0.25, -0.2) is 0 Å². The van der Waals surface area contributed by atoms with E-state index in [0.29, 0.717) is 23.3 Å². The molecule has 0 radical (unpaired) electrons. The molecular formula is C11H11NO4. The van der Waals surface area contributed by atoms with Crippen LogP contribution < -0.4 is 4.74 Å². The lowest BCUT2D eigenvalue weighted by Crippen LogP contribution is -2.21. The zero-order chi connectivity index (χ0) is 11.7. The first-order valence-corrected chi connectivity index (χ1v) is 4.95. The van der Waals surface area contributed by atoms with Gasteiger partial charge in [-0.2, -0.15) is 0 Å². The Kier molecular flexibility index (Phi) is 2.62. The van der Waals surface area contributed by atoms with E-state index >= 15 is 0 Å². The number of nitrogens with zero attached hydrogens (tertiary/aromatic N) is 1. The molecule has 16 heavy (non-hydrogen) atoms. The van der Waals surface area contributed by atoms with Crippen molar-refractivity contribution in [1.29, 1.82) is 0 Å². The highest BCUT2D eigenvalue weighted by molar-refractivity contribution is 5.65. The van der Waals surface area contributed by atoms with Crippen molar-refractivity contribution in [3.8, 4) is 5.75 Å². The van der Waals surface area contributed by atoms with E-state index in [9.17, 15) is 15.2 Å². The van der Waals surface area contributed by atoms with Crippen molar-refractivity contribution < 1.29 is 14.8 Å². The van der Waals surface area contributed by atoms with Gasteiger partial charge in [0, 0.05) is 17.7 Å². The van der Waals surface area contributed by atoms with Gasteiger partial charge in [-0.1, -0.05) is 6.92 Å². The SMILES string of the molecule is CCC1=Cc2cc([N+](=O)[O-])ccc2OC1O.